The maximum atomic E-state index is 11.3. The summed E-state index contributed by atoms with van der Waals surface area (Å²) in [6.45, 7) is 3.45. The second-order valence-electron chi connectivity index (χ2n) is 3.73. The van der Waals surface area contributed by atoms with E-state index < -0.39 is 12.5 Å². The van der Waals surface area contributed by atoms with Gasteiger partial charge in [-0.2, -0.15) is 0 Å². The van der Waals surface area contributed by atoms with Crippen LogP contribution in [0.2, 0.25) is 0 Å². The largest absolute Gasteiger partial charge is 0.386 e. The Labute approximate surface area is 95.4 Å². The molecule has 1 amide bonds. The van der Waals surface area contributed by atoms with Crippen molar-refractivity contribution in [2.75, 3.05) is 6.61 Å². The van der Waals surface area contributed by atoms with Crippen molar-refractivity contribution in [2.45, 2.75) is 26.5 Å². The van der Waals surface area contributed by atoms with Gasteiger partial charge in [-0.05, 0) is 19.4 Å². The van der Waals surface area contributed by atoms with Crippen LogP contribution < -0.4 is 0 Å². The molecule has 1 aromatic rings. The number of carbonyl (C=O) groups is 1. The molecule has 88 valence electrons. The summed E-state index contributed by atoms with van der Waals surface area (Å²) < 4.78 is 0. The third-order valence-corrected chi connectivity index (χ3v) is 2.06. The van der Waals surface area contributed by atoms with Gasteiger partial charge in [0.25, 0.3) is 5.91 Å². The molecule has 0 aliphatic rings. The average molecular weight is 223 g/mol. The fourth-order valence-electron chi connectivity index (χ4n) is 1.30. The van der Waals surface area contributed by atoms with E-state index in [1.807, 2.05) is 44.2 Å². The lowest BCUT2D eigenvalue weighted by molar-refractivity contribution is -0.204. The van der Waals surface area contributed by atoms with Crippen molar-refractivity contribution in [2.24, 2.45) is 0 Å². The zero-order valence-corrected chi connectivity index (χ0v) is 9.59. The van der Waals surface area contributed by atoms with Gasteiger partial charge in [0.05, 0.1) is 6.04 Å². The maximum absolute atomic E-state index is 11.3. The third kappa shape index (κ3) is 3.64. The molecule has 0 unspecified atom stereocenters. The summed E-state index contributed by atoms with van der Waals surface area (Å²) in [4.78, 5) is 16.7. The van der Waals surface area contributed by atoms with Crippen molar-refractivity contribution in [3.63, 3.8) is 0 Å². The lowest BCUT2D eigenvalue weighted by atomic mass is 10.2. The molecule has 0 radical (unpaired) electrons. The summed E-state index contributed by atoms with van der Waals surface area (Å²) in [7, 11) is 0. The predicted octanol–water partition coefficient (Wildman–Crippen LogP) is 1.35. The Morgan fingerprint density at radius 2 is 2.00 bits per heavy atom. The van der Waals surface area contributed by atoms with E-state index in [1.54, 1.807) is 0 Å². The molecule has 0 bridgehead atoms. The summed E-state index contributed by atoms with van der Waals surface area (Å²) in [5, 5.41) is 9.98. The molecule has 0 aliphatic heterocycles. The molecule has 1 N–H and O–H groups in total. The van der Waals surface area contributed by atoms with Gasteiger partial charge in [-0.3, -0.25) is 9.63 Å². The zero-order valence-electron chi connectivity index (χ0n) is 9.59. The quantitative estimate of drug-likeness (QED) is 0.766. The van der Waals surface area contributed by atoms with Gasteiger partial charge in [0.2, 0.25) is 0 Å². The molecule has 1 rings (SSSR count). The van der Waals surface area contributed by atoms with Crippen molar-refractivity contribution < 1.29 is 14.7 Å². The Kier molecular flexibility index (Phi) is 4.95. The monoisotopic (exact) mass is 223 g/mol. The van der Waals surface area contributed by atoms with Gasteiger partial charge in [-0.1, -0.05) is 30.3 Å². The Hall–Kier alpha value is -1.39. The predicted molar refractivity (Wildman–Crippen MR) is 60.3 cm³/mol. The van der Waals surface area contributed by atoms with Crippen molar-refractivity contribution in [3.8, 4) is 0 Å². The SMILES string of the molecule is CC(C)N(OCc1ccccc1)C(=O)CO. The molecule has 0 saturated heterocycles. The molecule has 0 aromatic heterocycles. The van der Waals surface area contributed by atoms with Crippen LogP contribution in [0, 0.1) is 0 Å². The molecule has 0 spiro atoms. The second-order valence-corrected chi connectivity index (χ2v) is 3.73. The molecule has 4 heteroatoms. The summed E-state index contributed by atoms with van der Waals surface area (Å²) >= 11 is 0. The van der Waals surface area contributed by atoms with Gasteiger partial charge in [0, 0.05) is 0 Å². The number of hydrogen-bond donors (Lipinski definition) is 1. The minimum absolute atomic E-state index is 0.0941. The Bertz CT molecular complexity index is 324. The first kappa shape index (κ1) is 12.7. The standard InChI is InChI=1S/C12H17NO3/c1-10(2)13(12(15)8-14)16-9-11-6-4-3-5-7-11/h3-7,10,14H,8-9H2,1-2H3. The Morgan fingerprint density at radius 1 is 1.38 bits per heavy atom. The highest BCUT2D eigenvalue weighted by atomic mass is 16.7. The number of carbonyl (C=O) groups excluding carboxylic acids is 1. The van der Waals surface area contributed by atoms with Crippen molar-refractivity contribution in [3.05, 3.63) is 35.9 Å². The van der Waals surface area contributed by atoms with Gasteiger partial charge in [-0.15, -0.1) is 0 Å². The Morgan fingerprint density at radius 3 is 2.50 bits per heavy atom. The van der Waals surface area contributed by atoms with Gasteiger partial charge in [0.15, 0.2) is 0 Å². The van der Waals surface area contributed by atoms with E-state index in [0.29, 0.717) is 6.61 Å². The van der Waals surface area contributed by atoms with Crippen LogP contribution >= 0.6 is 0 Å². The van der Waals surface area contributed by atoms with Crippen LogP contribution in [-0.2, 0) is 16.2 Å². The second kappa shape index (κ2) is 6.25. The number of rotatable bonds is 5. The van der Waals surface area contributed by atoms with E-state index in [0.717, 1.165) is 5.56 Å². The number of hydroxylamine groups is 2. The molecule has 0 fully saturated rings. The van der Waals surface area contributed by atoms with Crippen LogP contribution in [0.3, 0.4) is 0 Å². The lowest BCUT2D eigenvalue weighted by Gasteiger charge is -2.24. The molecule has 0 atom stereocenters. The van der Waals surface area contributed by atoms with Crippen LogP contribution in [-0.4, -0.2) is 28.7 Å². The first-order valence-corrected chi connectivity index (χ1v) is 5.25. The van der Waals surface area contributed by atoms with Crippen molar-refractivity contribution >= 4 is 5.91 Å². The first-order valence-electron chi connectivity index (χ1n) is 5.25. The van der Waals surface area contributed by atoms with Crippen LogP contribution in [0.5, 0.6) is 0 Å². The smallest absolute Gasteiger partial charge is 0.272 e. The molecule has 0 saturated carbocycles. The molecular weight excluding hydrogens is 206 g/mol. The van der Waals surface area contributed by atoms with Gasteiger partial charge >= 0.3 is 0 Å². The van der Waals surface area contributed by atoms with E-state index in [2.05, 4.69) is 0 Å². The third-order valence-electron chi connectivity index (χ3n) is 2.06. The fraction of sp³-hybridized carbons (Fsp3) is 0.417. The number of nitrogens with zero attached hydrogens (tertiary/aromatic N) is 1. The van der Waals surface area contributed by atoms with E-state index >= 15 is 0 Å². The van der Waals surface area contributed by atoms with Gasteiger partial charge < -0.3 is 5.11 Å². The van der Waals surface area contributed by atoms with E-state index in [-0.39, 0.29) is 6.04 Å². The number of aliphatic hydroxyl groups is 1. The van der Waals surface area contributed by atoms with Crippen molar-refractivity contribution in [1.29, 1.82) is 0 Å². The van der Waals surface area contributed by atoms with E-state index in [9.17, 15) is 4.79 Å². The fourth-order valence-corrected chi connectivity index (χ4v) is 1.30. The number of aliphatic hydroxyl groups excluding tert-OH is 1. The zero-order chi connectivity index (χ0) is 12.0. The maximum Gasteiger partial charge on any atom is 0.272 e. The Balaban J connectivity index is 2.54. The summed E-state index contributed by atoms with van der Waals surface area (Å²) in [5.41, 5.74) is 0.985. The average Bonchev–Trinajstić information content (AvgIpc) is 2.30. The number of amides is 1. The normalized spacial score (nSPS) is 10.5. The summed E-state index contributed by atoms with van der Waals surface area (Å²) in [6, 6.07) is 9.48. The van der Waals surface area contributed by atoms with Gasteiger partial charge in [0.1, 0.15) is 13.2 Å². The van der Waals surface area contributed by atoms with Crippen LogP contribution in [0.4, 0.5) is 0 Å². The van der Waals surface area contributed by atoms with Gasteiger partial charge in [-0.25, -0.2) is 5.06 Å². The lowest BCUT2D eigenvalue weighted by Crippen LogP contribution is -2.38. The number of benzene rings is 1. The molecule has 16 heavy (non-hydrogen) atoms. The molecule has 1 aromatic carbocycles. The summed E-state index contributed by atoms with van der Waals surface area (Å²) in [6.07, 6.45) is 0. The van der Waals surface area contributed by atoms with Crippen LogP contribution in [0.15, 0.2) is 30.3 Å². The van der Waals surface area contributed by atoms with Crippen molar-refractivity contribution in [1.82, 2.24) is 5.06 Å². The van der Waals surface area contributed by atoms with Crippen LogP contribution in [0.1, 0.15) is 19.4 Å². The topological polar surface area (TPSA) is 49.8 Å². The highest BCUT2D eigenvalue weighted by Crippen LogP contribution is 2.06. The summed E-state index contributed by atoms with van der Waals surface area (Å²) in [5.74, 6) is -0.425. The minimum Gasteiger partial charge on any atom is -0.386 e. The molecular formula is C12H17NO3. The first-order chi connectivity index (χ1) is 7.65. The minimum atomic E-state index is -0.535. The van der Waals surface area contributed by atoms with E-state index in [4.69, 9.17) is 9.94 Å². The highest BCUT2D eigenvalue weighted by Gasteiger charge is 2.16. The highest BCUT2D eigenvalue weighted by molar-refractivity contribution is 5.76. The van der Waals surface area contributed by atoms with Crippen LogP contribution in [0.25, 0.3) is 0 Å². The van der Waals surface area contributed by atoms with E-state index in [1.165, 1.54) is 5.06 Å². The molecule has 4 nitrogen and oxygen atoms in total. The number of hydrogen-bond acceptors (Lipinski definition) is 3. The molecule has 0 heterocycles. The molecule has 0 aliphatic carbocycles.